The normalized spacial score (nSPS) is 15.4. The molecule has 1 aliphatic heterocycles. The molecule has 1 amide bonds. The van der Waals surface area contributed by atoms with E-state index in [4.69, 9.17) is 4.74 Å². The highest BCUT2D eigenvalue weighted by atomic mass is 79.9. The molecule has 1 N–H and O–H groups in total. The number of rotatable bonds is 6. The second kappa shape index (κ2) is 8.95. The van der Waals surface area contributed by atoms with Crippen molar-refractivity contribution in [2.75, 3.05) is 31.6 Å². The number of hydrogen-bond acceptors (Lipinski definition) is 5. The van der Waals surface area contributed by atoms with Crippen LogP contribution in [0.5, 0.6) is 0 Å². The summed E-state index contributed by atoms with van der Waals surface area (Å²) in [5.74, 6) is -0.156. The zero-order valence-corrected chi connectivity index (χ0v) is 19.1. The minimum Gasteiger partial charge on any atom is -0.379 e. The van der Waals surface area contributed by atoms with Gasteiger partial charge in [-0.15, -0.1) is 0 Å². The number of carbonyl (C=O) groups is 1. The van der Waals surface area contributed by atoms with Crippen molar-refractivity contribution < 1.29 is 17.9 Å². The number of amides is 1. The zero-order valence-electron chi connectivity index (χ0n) is 16.7. The van der Waals surface area contributed by atoms with E-state index >= 15 is 0 Å². The number of benzene rings is 1. The number of nitrogens with one attached hydrogen (secondary N) is 1. The van der Waals surface area contributed by atoms with E-state index in [1.165, 1.54) is 4.31 Å². The van der Waals surface area contributed by atoms with Crippen molar-refractivity contribution in [3.8, 4) is 0 Å². The second-order valence-electron chi connectivity index (χ2n) is 7.00. The van der Waals surface area contributed by atoms with Gasteiger partial charge in [0.2, 0.25) is 15.9 Å². The molecule has 0 aliphatic carbocycles. The Balaban J connectivity index is 1.69. The molecule has 1 saturated heterocycles. The number of halogens is 1. The van der Waals surface area contributed by atoms with Crippen molar-refractivity contribution >= 4 is 37.5 Å². The average molecular weight is 485 g/mol. The van der Waals surface area contributed by atoms with Crippen molar-refractivity contribution in [3.63, 3.8) is 0 Å². The van der Waals surface area contributed by atoms with Crippen molar-refractivity contribution in [2.45, 2.75) is 38.6 Å². The Hall–Kier alpha value is -1.75. The SMILES string of the molecule is Cc1cc(NC(=O)CCn2nc(C)c(S(=O)(=O)N3CCOCC3)c2C)ccc1Br. The number of morpholine rings is 1. The summed E-state index contributed by atoms with van der Waals surface area (Å²) in [6.07, 6.45) is 0.189. The highest BCUT2D eigenvalue weighted by molar-refractivity contribution is 9.10. The van der Waals surface area contributed by atoms with Crippen LogP contribution in [0.15, 0.2) is 27.6 Å². The maximum absolute atomic E-state index is 13.0. The molecule has 29 heavy (non-hydrogen) atoms. The Morgan fingerprint density at radius 1 is 1.24 bits per heavy atom. The highest BCUT2D eigenvalue weighted by Crippen LogP contribution is 2.25. The number of aryl methyl sites for hydroxylation is 3. The van der Waals surface area contributed by atoms with Gasteiger partial charge in [0.1, 0.15) is 4.90 Å². The molecular weight excluding hydrogens is 460 g/mol. The lowest BCUT2D eigenvalue weighted by atomic mass is 10.2. The standard InChI is InChI=1S/C19H25BrN4O4S/c1-13-12-16(4-5-17(13)20)21-18(25)6-7-24-15(3)19(14(2)22-24)29(26,27)23-8-10-28-11-9-23/h4-5,12H,6-11H2,1-3H3,(H,21,25). The Labute approximate surface area is 179 Å². The third-order valence-corrected chi connectivity index (χ3v) is 7.92. The minimum atomic E-state index is -3.63. The molecule has 0 unspecified atom stereocenters. The smallest absolute Gasteiger partial charge is 0.246 e. The lowest BCUT2D eigenvalue weighted by molar-refractivity contribution is -0.116. The van der Waals surface area contributed by atoms with E-state index in [9.17, 15) is 13.2 Å². The van der Waals surface area contributed by atoms with Gasteiger partial charge in [-0.1, -0.05) is 15.9 Å². The lowest BCUT2D eigenvalue weighted by Crippen LogP contribution is -2.41. The van der Waals surface area contributed by atoms with Gasteiger partial charge in [0.05, 0.1) is 31.1 Å². The average Bonchev–Trinajstić information content (AvgIpc) is 2.97. The van der Waals surface area contributed by atoms with Gasteiger partial charge < -0.3 is 10.1 Å². The Morgan fingerprint density at radius 2 is 1.93 bits per heavy atom. The van der Waals surface area contributed by atoms with Crippen LogP contribution in [0.2, 0.25) is 0 Å². The molecule has 0 saturated carbocycles. The first kappa shape index (κ1) is 21.9. The first-order chi connectivity index (χ1) is 13.7. The number of sulfonamides is 1. The van der Waals surface area contributed by atoms with Gasteiger partial charge in [-0.05, 0) is 44.5 Å². The first-order valence-corrected chi connectivity index (χ1v) is 11.6. The van der Waals surface area contributed by atoms with Crippen molar-refractivity contribution in [1.29, 1.82) is 0 Å². The van der Waals surface area contributed by atoms with Gasteiger partial charge in [-0.3, -0.25) is 9.48 Å². The molecule has 0 bridgehead atoms. The molecule has 0 radical (unpaired) electrons. The largest absolute Gasteiger partial charge is 0.379 e. The lowest BCUT2D eigenvalue weighted by Gasteiger charge is -2.26. The van der Waals surface area contributed by atoms with Crippen molar-refractivity contribution in [1.82, 2.24) is 14.1 Å². The van der Waals surface area contributed by atoms with Crippen LogP contribution in [0, 0.1) is 20.8 Å². The number of ether oxygens (including phenoxy) is 1. The summed E-state index contributed by atoms with van der Waals surface area (Å²) >= 11 is 3.43. The summed E-state index contributed by atoms with van der Waals surface area (Å²) in [6.45, 7) is 7.11. The van der Waals surface area contributed by atoms with Gasteiger partial charge in [0.15, 0.2) is 0 Å². The van der Waals surface area contributed by atoms with E-state index in [0.29, 0.717) is 44.2 Å². The number of aromatic nitrogens is 2. The van der Waals surface area contributed by atoms with Crippen LogP contribution >= 0.6 is 15.9 Å². The topological polar surface area (TPSA) is 93.5 Å². The number of hydrogen-bond donors (Lipinski definition) is 1. The predicted molar refractivity (Wildman–Crippen MR) is 113 cm³/mol. The van der Waals surface area contributed by atoms with Gasteiger partial charge in [0.25, 0.3) is 0 Å². The fourth-order valence-electron chi connectivity index (χ4n) is 3.34. The molecule has 1 aliphatic rings. The Kier molecular flexibility index (Phi) is 6.77. The fourth-order valence-corrected chi connectivity index (χ4v) is 5.37. The number of anilines is 1. The van der Waals surface area contributed by atoms with Crippen molar-refractivity contribution in [2.24, 2.45) is 0 Å². The zero-order chi connectivity index (χ0) is 21.2. The number of nitrogens with zero attached hydrogens (tertiary/aromatic N) is 3. The van der Waals surface area contributed by atoms with Crippen LogP contribution in [0.3, 0.4) is 0 Å². The summed E-state index contributed by atoms with van der Waals surface area (Å²) in [5, 5.41) is 7.23. The summed E-state index contributed by atoms with van der Waals surface area (Å²) in [5.41, 5.74) is 2.73. The second-order valence-corrected chi connectivity index (χ2v) is 9.73. The van der Waals surface area contributed by atoms with E-state index in [2.05, 4.69) is 26.3 Å². The van der Waals surface area contributed by atoms with Crippen LogP contribution < -0.4 is 5.32 Å². The van der Waals surface area contributed by atoms with Gasteiger partial charge >= 0.3 is 0 Å². The van der Waals surface area contributed by atoms with E-state index in [1.807, 2.05) is 25.1 Å². The molecule has 3 rings (SSSR count). The molecule has 158 valence electrons. The van der Waals surface area contributed by atoms with E-state index < -0.39 is 10.0 Å². The van der Waals surface area contributed by atoms with E-state index in [-0.39, 0.29) is 17.2 Å². The van der Waals surface area contributed by atoms with Crippen LogP contribution in [-0.2, 0) is 26.1 Å². The highest BCUT2D eigenvalue weighted by Gasteiger charge is 2.32. The van der Waals surface area contributed by atoms with Gasteiger partial charge in [-0.2, -0.15) is 9.40 Å². The molecule has 1 aromatic heterocycles. The summed E-state index contributed by atoms with van der Waals surface area (Å²) in [6, 6.07) is 5.60. The Morgan fingerprint density at radius 3 is 2.59 bits per heavy atom. The Bertz CT molecular complexity index is 1010. The van der Waals surface area contributed by atoms with Gasteiger partial charge in [-0.25, -0.2) is 8.42 Å². The van der Waals surface area contributed by atoms with Crippen LogP contribution in [0.25, 0.3) is 0 Å². The minimum absolute atomic E-state index is 0.156. The quantitative estimate of drug-likeness (QED) is 0.679. The molecule has 2 heterocycles. The maximum Gasteiger partial charge on any atom is 0.246 e. The third-order valence-electron chi connectivity index (χ3n) is 4.88. The summed E-state index contributed by atoms with van der Waals surface area (Å²) in [7, 11) is -3.63. The fraction of sp³-hybridized carbons (Fsp3) is 0.474. The van der Waals surface area contributed by atoms with Crippen LogP contribution in [0.4, 0.5) is 5.69 Å². The van der Waals surface area contributed by atoms with Gasteiger partial charge in [0, 0.05) is 29.7 Å². The molecule has 8 nitrogen and oxygen atoms in total. The molecule has 2 aromatic rings. The van der Waals surface area contributed by atoms with E-state index in [0.717, 1.165) is 15.7 Å². The molecule has 1 fully saturated rings. The predicted octanol–water partition coefficient (Wildman–Crippen LogP) is 2.62. The summed E-state index contributed by atoms with van der Waals surface area (Å²) in [4.78, 5) is 12.6. The molecule has 0 spiro atoms. The maximum atomic E-state index is 13.0. The molecule has 10 heteroatoms. The van der Waals surface area contributed by atoms with E-state index in [1.54, 1.807) is 18.5 Å². The summed E-state index contributed by atoms with van der Waals surface area (Å²) < 4.78 is 35.3. The van der Waals surface area contributed by atoms with Crippen LogP contribution in [0.1, 0.15) is 23.4 Å². The molecule has 1 aromatic carbocycles. The molecule has 0 atom stereocenters. The van der Waals surface area contributed by atoms with Crippen molar-refractivity contribution in [3.05, 3.63) is 39.6 Å². The van der Waals surface area contributed by atoms with Crippen LogP contribution in [-0.4, -0.2) is 54.7 Å². The molecular formula is C19H25BrN4O4S. The monoisotopic (exact) mass is 484 g/mol. The number of carbonyl (C=O) groups excluding carboxylic acids is 1. The first-order valence-electron chi connectivity index (χ1n) is 9.38. The third kappa shape index (κ3) is 4.88.